The fourth-order valence-corrected chi connectivity index (χ4v) is 3.91. The maximum absolute atomic E-state index is 12.7. The smallest absolute Gasteiger partial charge is 0.264 e. The molecular formula is C21H25N5O2. The number of carbonyl (C=O) groups excluding carboxylic acids is 1. The minimum absolute atomic E-state index is 0.0198. The van der Waals surface area contributed by atoms with Gasteiger partial charge >= 0.3 is 0 Å². The van der Waals surface area contributed by atoms with Crippen LogP contribution in [0.4, 0.5) is 0 Å². The molecule has 1 aromatic carbocycles. The highest BCUT2D eigenvalue weighted by Crippen LogP contribution is 2.22. The van der Waals surface area contributed by atoms with Gasteiger partial charge < -0.3 is 4.90 Å². The van der Waals surface area contributed by atoms with Gasteiger partial charge in [0.2, 0.25) is 5.91 Å². The molecule has 0 saturated carbocycles. The SMILES string of the molecule is Cn1ncc2c(=O)n(CC(=O)N3CCC(CCc4ccccc4)CC3)cnc21. The van der Waals surface area contributed by atoms with E-state index in [0.29, 0.717) is 17.0 Å². The molecule has 0 aliphatic carbocycles. The minimum atomic E-state index is -0.218. The topological polar surface area (TPSA) is 73.0 Å². The van der Waals surface area contributed by atoms with Crippen LogP contribution in [0.5, 0.6) is 0 Å². The molecule has 1 amide bonds. The Morgan fingerprint density at radius 1 is 1.18 bits per heavy atom. The number of piperidine rings is 1. The predicted molar refractivity (Wildman–Crippen MR) is 107 cm³/mol. The van der Waals surface area contributed by atoms with E-state index in [2.05, 4.69) is 34.3 Å². The van der Waals surface area contributed by atoms with Crippen molar-refractivity contribution in [1.82, 2.24) is 24.2 Å². The second-order valence-electron chi connectivity index (χ2n) is 7.53. The summed E-state index contributed by atoms with van der Waals surface area (Å²) in [5.41, 5.74) is 1.69. The molecule has 1 fully saturated rings. The largest absolute Gasteiger partial charge is 0.341 e. The fraction of sp³-hybridized carbons (Fsp3) is 0.429. The number of carbonyl (C=O) groups is 1. The van der Waals surface area contributed by atoms with Gasteiger partial charge in [-0.25, -0.2) is 4.98 Å². The lowest BCUT2D eigenvalue weighted by Crippen LogP contribution is -2.41. The van der Waals surface area contributed by atoms with E-state index in [-0.39, 0.29) is 18.0 Å². The molecule has 2 aromatic heterocycles. The summed E-state index contributed by atoms with van der Waals surface area (Å²) in [6.45, 7) is 1.55. The van der Waals surface area contributed by atoms with E-state index in [1.165, 1.54) is 22.7 Å². The lowest BCUT2D eigenvalue weighted by Gasteiger charge is -2.32. The van der Waals surface area contributed by atoms with Gasteiger partial charge in [-0.15, -0.1) is 0 Å². The normalized spacial score (nSPS) is 15.2. The molecule has 1 saturated heterocycles. The maximum Gasteiger partial charge on any atom is 0.264 e. The second kappa shape index (κ2) is 7.96. The monoisotopic (exact) mass is 379 g/mol. The van der Waals surface area contributed by atoms with Gasteiger partial charge in [-0.05, 0) is 37.2 Å². The first-order valence-electron chi connectivity index (χ1n) is 9.80. The predicted octanol–water partition coefficient (Wildman–Crippen LogP) is 2.00. The standard InChI is InChI=1S/C21H25N5O2/c1-24-20-18(13-23-24)21(28)26(15-22-20)14-19(27)25-11-9-17(10-12-25)8-7-16-5-3-2-4-6-16/h2-6,13,15,17H,7-12,14H2,1H3. The van der Waals surface area contributed by atoms with Crippen molar-refractivity contribution >= 4 is 16.9 Å². The summed E-state index contributed by atoms with van der Waals surface area (Å²) in [5, 5.41) is 4.50. The molecule has 1 aliphatic rings. The van der Waals surface area contributed by atoms with Crippen LogP contribution in [-0.2, 0) is 24.8 Å². The molecular weight excluding hydrogens is 354 g/mol. The van der Waals surface area contributed by atoms with Gasteiger partial charge in [0.05, 0.1) is 6.20 Å². The van der Waals surface area contributed by atoms with E-state index in [1.54, 1.807) is 11.7 Å². The Morgan fingerprint density at radius 3 is 2.68 bits per heavy atom. The summed E-state index contributed by atoms with van der Waals surface area (Å²) in [6.07, 6.45) is 7.24. The first-order valence-corrected chi connectivity index (χ1v) is 9.80. The van der Waals surface area contributed by atoms with Gasteiger partial charge in [-0.2, -0.15) is 5.10 Å². The third-order valence-electron chi connectivity index (χ3n) is 5.68. The zero-order chi connectivity index (χ0) is 19.5. The summed E-state index contributed by atoms with van der Waals surface area (Å²) in [7, 11) is 1.74. The van der Waals surface area contributed by atoms with Gasteiger partial charge in [-0.3, -0.25) is 18.8 Å². The first kappa shape index (κ1) is 18.4. The van der Waals surface area contributed by atoms with Crippen LogP contribution in [0, 0.1) is 5.92 Å². The van der Waals surface area contributed by atoms with Crippen LogP contribution in [0.15, 0.2) is 47.7 Å². The highest BCUT2D eigenvalue weighted by Gasteiger charge is 2.23. The molecule has 28 heavy (non-hydrogen) atoms. The lowest BCUT2D eigenvalue weighted by atomic mass is 9.90. The molecule has 7 heteroatoms. The van der Waals surface area contributed by atoms with Gasteiger partial charge in [0.15, 0.2) is 5.65 Å². The number of amides is 1. The third kappa shape index (κ3) is 3.83. The van der Waals surface area contributed by atoms with E-state index in [9.17, 15) is 9.59 Å². The maximum atomic E-state index is 12.7. The Kier molecular flexibility index (Phi) is 5.23. The quantitative estimate of drug-likeness (QED) is 0.680. The number of rotatable bonds is 5. The van der Waals surface area contributed by atoms with Crippen LogP contribution in [0.25, 0.3) is 11.0 Å². The zero-order valence-corrected chi connectivity index (χ0v) is 16.1. The number of benzene rings is 1. The molecule has 0 spiro atoms. The lowest BCUT2D eigenvalue weighted by molar-refractivity contribution is -0.133. The average molecular weight is 379 g/mol. The Bertz CT molecular complexity index is 1020. The molecule has 1 aliphatic heterocycles. The zero-order valence-electron chi connectivity index (χ0n) is 16.1. The molecule has 0 unspecified atom stereocenters. The van der Waals surface area contributed by atoms with E-state index >= 15 is 0 Å². The number of aromatic nitrogens is 4. The molecule has 0 N–H and O–H groups in total. The molecule has 3 aromatic rings. The summed E-state index contributed by atoms with van der Waals surface area (Å²) in [5.74, 6) is 0.633. The fourth-order valence-electron chi connectivity index (χ4n) is 3.91. The number of hydrogen-bond acceptors (Lipinski definition) is 4. The van der Waals surface area contributed by atoms with Crippen molar-refractivity contribution < 1.29 is 4.79 Å². The number of nitrogens with zero attached hydrogens (tertiary/aromatic N) is 5. The van der Waals surface area contributed by atoms with Crippen molar-refractivity contribution in [2.45, 2.75) is 32.2 Å². The highest BCUT2D eigenvalue weighted by atomic mass is 16.2. The van der Waals surface area contributed by atoms with E-state index in [4.69, 9.17) is 0 Å². The van der Waals surface area contributed by atoms with Crippen molar-refractivity contribution in [2.75, 3.05) is 13.1 Å². The summed E-state index contributed by atoms with van der Waals surface area (Å²) in [4.78, 5) is 31.3. The summed E-state index contributed by atoms with van der Waals surface area (Å²) < 4.78 is 2.94. The van der Waals surface area contributed by atoms with Crippen LogP contribution in [-0.4, -0.2) is 43.2 Å². The number of fused-ring (bicyclic) bond motifs is 1. The summed E-state index contributed by atoms with van der Waals surface area (Å²) in [6, 6.07) is 10.5. The number of likely N-dealkylation sites (tertiary alicyclic amines) is 1. The highest BCUT2D eigenvalue weighted by molar-refractivity contribution is 5.77. The average Bonchev–Trinajstić information content (AvgIpc) is 3.11. The van der Waals surface area contributed by atoms with Crippen molar-refractivity contribution in [3.8, 4) is 0 Å². The van der Waals surface area contributed by atoms with Gasteiger partial charge in [0.25, 0.3) is 5.56 Å². The van der Waals surface area contributed by atoms with Gasteiger partial charge in [0.1, 0.15) is 18.3 Å². The van der Waals surface area contributed by atoms with Crippen molar-refractivity contribution in [3.63, 3.8) is 0 Å². The minimum Gasteiger partial charge on any atom is -0.341 e. The Hall–Kier alpha value is -2.96. The first-order chi connectivity index (χ1) is 13.6. The van der Waals surface area contributed by atoms with Crippen LogP contribution in [0.1, 0.15) is 24.8 Å². The second-order valence-corrected chi connectivity index (χ2v) is 7.53. The van der Waals surface area contributed by atoms with Crippen LogP contribution in [0.3, 0.4) is 0 Å². The van der Waals surface area contributed by atoms with Crippen LogP contribution >= 0.6 is 0 Å². The molecule has 0 atom stereocenters. The van der Waals surface area contributed by atoms with Crippen LogP contribution < -0.4 is 5.56 Å². The molecule has 146 valence electrons. The number of aryl methyl sites for hydroxylation is 2. The van der Waals surface area contributed by atoms with Crippen molar-refractivity contribution in [2.24, 2.45) is 13.0 Å². The molecule has 0 bridgehead atoms. The van der Waals surface area contributed by atoms with Crippen LogP contribution in [0.2, 0.25) is 0 Å². The Balaban J connectivity index is 1.32. The van der Waals surface area contributed by atoms with E-state index in [0.717, 1.165) is 38.8 Å². The molecule has 7 nitrogen and oxygen atoms in total. The summed E-state index contributed by atoms with van der Waals surface area (Å²) >= 11 is 0. The molecule has 0 radical (unpaired) electrons. The molecule has 4 rings (SSSR count). The van der Waals surface area contributed by atoms with Gasteiger partial charge in [-0.1, -0.05) is 30.3 Å². The number of hydrogen-bond donors (Lipinski definition) is 0. The third-order valence-corrected chi connectivity index (χ3v) is 5.68. The van der Waals surface area contributed by atoms with Crippen molar-refractivity contribution in [1.29, 1.82) is 0 Å². The van der Waals surface area contributed by atoms with E-state index < -0.39 is 0 Å². The Labute approximate surface area is 163 Å². The molecule has 3 heterocycles. The van der Waals surface area contributed by atoms with Gasteiger partial charge in [0, 0.05) is 20.1 Å². The van der Waals surface area contributed by atoms with Crippen molar-refractivity contribution in [3.05, 3.63) is 58.8 Å². The Morgan fingerprint density at radius 2 is 1.93 bits per heavy atom. The van der Waals surface area contributed by atoms with E-state index in [1.807, 2.05) is 11.0 Å².